The molecular weight excluding hydrogens is 317 g/mol. The number of benzene rings is 1. The van der Waals surface area contributed by atoms with Crippen LogP contribution in [0.25, 0.3) is 0 Å². The van der Waals surface area contributed by atoms with Crippen LogP contribution in [0.2, 0.25) is 10.0 Å². The second-order valence-corrected chi connectivity index (χ2v) is 4.59. The highest BCUT2D eigenvalue weighted by Gasteiger charge is 2.17. The second kappa shape index (κ2) is 7.62. The van der Waals surface area contributed by atoms with Crippen molar-refractivity contribution in [3.05, 3.63) is 27.7 Å². The summed E-state index contributed by atoms with van der Waals surface area (Å²) in [5.41, 5.74) is 0.317. The van der Waals surface area contributed by atoms with E-state index in [0.717, 1.165) is 13.3 Å². The van der Waals surface area contributed by atoms with Crippen molar-refractivity contribution in [2.24, 2.45) is 10.9 Å². The van der Waals surface area contributed by atoms with E-state index < -0.39 is 17.8 Å². The Bertz CT molecular complexity index is 638. The van der Waals surface area contributed by atoms with E-state index in [0.29, 0.717) is 0 Å². The molecule has 0 spiro atoms. The zero-order valence-corrected chi connectivity index (χ0v) is 12.7. The van der Waals surface area contributed by atoms with Crippen LogP contribution in [-0.4, -0.2) is 32.2 Å². The maximum atomic E-state index is 11.7. The molecule has 0 bridgehead atoms. The zero-order valence-electron chi connectivity index (χ0n) is 11.2. The molecule has 0 saturated carbocycles. The van der Waals surface area contributed by atoms with E-state index in [9.17, 15) is 9.59 Å². The first-order valence-electron chi connectivity index (χ1n) is 5.67. The average Bonchev–Trinajstić information content (AvgIpc) is 2.49. The molecule has 1 aromatic carbocycles. The fourth-order valence-electron chi connectivity index (χ4n) is 1.40. The lowest BCUT2D eigenvalue weighted by Gasteiger charge is -2.07. The van der Waals surface area contributed by atoms with Crippen LogP contribution in [0.3, 0.4) is 0 Å². The largest absolute Gasteiger partial charge is 0.468 e. The molecule has 0 aliphatic heterocycles. The molecule has 0 aromatic heterocycles. The predicted molar refractivity (Wildman–Crippen MR) is 79.1 cm³/mol. The summed E-state index contributed by atoms with van der Waals surface area (Å²) >= 11 is 12.0. The summed E-state index contributed by atoms with van der Waals surface area (Å²) in [5, 5.41) is 11.6. The quantitative estimate of drug-likeness (QED) is 0.678. The van der Waals surface area contributed by atoms with Crippen LogP contribution in [0.15, 0.2) is 17.1 Å². The van der Waals surface area contributed by atoms with Gasteiger partial charge in [0.25, 0.3) is 5.91 Å². The SMILES string of the molecule is CNC(=O)c1cc(Cl)cc(N=CC(C#N)C(=O)OC)c1Cl. The summed E-state index contributed by atoms with van der Waals surface area (Å²) in [6.07, 6.45) is 1.08. The smallest absolute Gasteiger partial charge is 0.328 e. The molecule has 0 saturated heterocycles. The van der Waals surface area contributed by atoms with Gasteiger partial charge in [0.05, 0.1) is 29.5 Å². The Morgan fingerprint density at radius 2 is 2.14 bits per heavy atom. The molecule has 110 valence electrons. The third-order valence-corrected chi connectivity index (χ3v) is 3.06. The molecule has 0 heterocycles. The highest BCUT2D eigenvalue weighted by Crippen LogP contribution is 2.32. The van der Waals surface area contributed by atoms with Crippen LogP contribution in [0.4, 0.5) is 5.69 Å². The molecule has 0 radical (unpaired) electrons. The fourth-order valence-corrected chi connectivity index (χ4v) is 1.85. The van der Waals surface area contributed by atoms with Gasteiger partial charge in [0.15, 0.2) is 5.92 Å². The lowest BCUT2D eigenvalue weighted by molar-refractivity contribution is -0.141. The number of aliphatic imine (C=N–C) groups is 1. The molecule has 0 aliphatic rings. The standard InChI is InChI=1S/C13H11Cl2N3O3/c1-17-12(19)9-3-8(14)4-10(11(9)15)18-6-7(5-16)13(20)21-2/h3-4,6-7H,1-2H3,(H,17,19). The minimum Gasteiger partial charge on any atom is -0.468 e. The van der Waals surface area contributed by atoms with Gasteiger partial charge in [0.2, 0.25) is 0 Å². The summed E-state index contributed by atoms with van der Waals surface area (Å²) in [7, 11) is 2.61. The van der Waals surface area contributed by atoms with Gasteiger partial charge in [0.1, 0.15) is 0 Å². The van der Waals surface area contributed by atoms with Crippen molar-refractivity contribution in [3.8, 4) is 6.07 Å². The third kappa shape index (κ3) is 4.18. The third-order valence-electron chi connectivity index (χ3n) is 2.45. The number of amides is 1. The number of rotatable bonds is 4. The van der Waals surface area contributed by atoms with E-state index in [4.69, 9.17) is 28.5 Å². The highest BCUT2D eigenvalue weighted by molar-refractivity contribution is 6.38. The molecule has 0 aliphatic carbocycles. The molecule has 1 atom stereocenters. The molecule has 1 amide bonds. The van der Waals surface area contributed by atoms with Crippen molar-refractivity contribution in [1.29, 1.82) is 5.26 Å². The van der Waals surface area contributed by atoms with Gasteiger partial charge < -0.3 is 10.1 Å². The number of halogens is 2. The topological polar surface area (TPSA) is 91.5 Å². The Balaban J connectivity index is 3.20. The summed E-state index contributed by atoms with van der Waals surface area (Å²) < 4.78 is 4.45. The van der Waals surface area contributed by atoms with Gasteiger partial charge in [0, 0.05) is 18.3 Å². The maximum absolute atomic E-state index is 11.7. The fraction of sp³-hybridized carbons (Fsp3) is 0.231. The van der Waals surface area contributed by atoms with Crippen LogP contribution in [0, 0.1) is 17.2 Å². The second-order valence-electron chi connectivity index (χ2n) is 3.77. The summed E-state index contributed by atoms with van der Waals surface area (Å²) in [6, 6.07) is 4.53. The number of hydrogen-bond donors (Lipinski definition) is 1. The van der Waals surface area contributed by atoms with Gasteiger partial charge in [-0.1, -0.05) is 23.2 Å². The number of nitriles is 1. The Kier molecular flexibility index (Phi) is 6.15. The number of carbonyl (C=O) groups excluding carboxylic acids is 2. The van der Waals surface area contributed by atoms with E-state index in [1.807, 2.05) is 0 Å². The number of nitrogens with zero attached hydrogens (tertiary/aromatic N) is 2. The van der Waals surface area contributed by atoms with Gasteiger partial charge in [-0.2, -0.15) is 5.26 Å². The maximum Gasteiger partial charge on any atom is 0.328 e. The first-order chi connectivity index (χ1) is 9.94. The average molecular weight is 328 g/mol. The Morgan fingerprint density at radius 1 is 1.48 bits per heavy atom. The van der Waals surface area contributed by atoms with E-state index in [1.54, 1.807) is 6.07 Å². The van der Waals surface area contributed by atoms with Crippen LogP contribution in [0.5, 0.6) is 0 Å². The van der Waals surface area contributed by atoms with Crippen molar-refractivity contribution in [3.63, 3.8) is 0 Å². The van der Waals surface area contributed by atoms with Crippen molar-refractivity contribution in [2.45, 2.75) is 0 Å². The first kappa shape index (κ1) is 17.0. The predicted octanol–water partition coefficient (Wildman–Crippen LogP) is 2.37. The Labute approximate surface area is 131 Å². The summed E-state index contributed by atoms with van der Waals surface area (Å²) in [5.74, 6) is -2.34. The van der Waals surface area contributed by atoms with Crippen molar-refractivity contribution >= 4 is 47.0 Å². The minimum atomic E-state index is -1.17. The van der Waals surface area contributed by atoms with Crippen molar-refractivity contribution in [1.82, 2.24) is 5.32 Å². The molecule has 8 heteroatoms. The summed E-state index contributed by atoms with van der Waals surface area (Å²) in [4.78, 5) is 26.9. The lowest BCUT2D eigenvalue weighted by Crippen LogP contribution is -2.18. The number of hydrogen-bond acceptors (Lipinski definition) is 5. The molecule has 0 fully saturated rings. The molecule has 21 heavy (non-hydrogen) atoms. The number of nitrogens with one attached hydrogen (secondary N) is 1. The zero-order chi connectivity index (χ0) is 16.0. The van der Waals surface area contributed by atoms with E-state index in [1.165, 1.54) is 19.2 Å². The molecule has 1 rings (SSSR count). The van der Waals surface area contributed by atoms with E-state index >= 15 is 0 Å². The number of carbonyl (C=O) groups is 2. The Hall–Kier alpha value is -2.10. The van der Waals surface area contributed by atoms with Gasteiger partial charge in [-0.25, -0.2) is 0 Å². The number of methoxy groups -OCH3 is 1. The molecular formula is C13H11Cl2N3O3. The van der Waals surface area contributed by atoms with Crippen LogP contribution < -0.4 is 5.32 Å². The van der Waals surface area contributed by atoms with Gasteiger partial charge in [-0.3, -0.25) is 14.6 Å². The van der Waals surface area contributed by atoms with Crippen LogP contribution in [-0.2, 0) is 9.53 Å². The van der Waals surface area contributed by atoms with Crippen molar-refractivity contribution in [2.75, 3.05) is 14.2 Å². The number of ether oxygens (including phenoxy) is 1. The van der Waals surface area contributed by atoms with Gasteiger partial charge >= 0.3 is 5.97 Å². The molecule has 6 nitrogen and oxygen atoms in total. The molecule has 1 unspecified atom stereocenters. The highest BCUT2D eigenvalue weighted by atomic mass is 35.5. The molecule has 1 N–H and O–H groups in total. The lowest BCUT2D eigenvalue weighted by atomic mass is 10.1. The van der Waals surface area contributed by atoms with Crippen LogP contribution in [0.1, 0.15) is 10.4 Å². The monoisotopic (exact) mass is 327 g/mol. The van der Waals surface area contributed by atoms with Gasteiger partial charge in [-0.05, 0) is 12.1 Å². The van der Waals surface area contributed by atoms with E-state index in [2.05, 4.69) is 15.0 Å². The van der Waals surface area contributed by atoms with Gasteiger partial charge in [-0.15, -0.1) is 0 Å². The minimum absolute atomic E-state index is 0.0663. The molecule has 1 aromatic rings. The summed E-state index contributed by atoms with van der Waals surface area (Å²) in [6.45, 7) is 0. The van der Waals surface area contributed by atoms with Crippen molar-refractivity contribution < 1.29 is 14.3 Å². The van der Waals surface area contributed by atoms with E-state index in [-0.39, 0.29) is 21.3 Å². The normalized spacial score (nSPS) is 11.8. The van der Waals surface area contributed by atoms with Crippen LogP contribution >= 0.6 is 23.2 Å². The number of esters is 1. The first-order valence-corrected chi connectivity index (χ1v) is 6.43. The Morgan fingerprint density at radius 3 is 2.67 bits per heavy atom.